The molecule has 0 atom stereocenters. The molecule has 20 heavy (non-hydrogen) atoms. The van der Waals surface area contributed by atoms with Crippen LogP contribution in [0.25, 0.3) is 0 Å². The minimum absolute atomic E-state index is 0.270. The predicted molar refractivity (Wildman–Crippen MR) is 78.9 cm³/mol. The average molecular weight is 291 g/mol. The van der Waals surface area contributed by atoms with Crippen LogP contribution < -0.4 is 10.0 Å². The van der Waals surface area contributed by atoms with Gasteiger partial charge in [-0.1, -0.05) is 13.0 Å². The second-order valence-electron chi connectivity index (χ2n) is 4.24. The van der Waals surface area contributed by atoms with Crippen molar-refractivity contribution in [3.05, 3.63) is 54.4 Å². The van der Waals surface area contributed by atoms with E-state index in [-0.39, 0.29) is 4.90 Å². The summed E-state index contributed by atoms with van der Waals surface area (Å²) in [6.45, 7) is 2.78. The van der Waals surface area contributed by atoms with E-state index in [0.717, 1.165) is 11.3 Å². The first kappa shape index (κ1) is 14.5. The number of pyridine rings is 1. The molecular formula is C14H17N3O2S. The van der Waals surface area contributed by atoms with E-state index in [2.05, 4.69) is 15.0 Å². The highest BCUT2D eigenvalue weighted by molar-refractivity contribution is 7.89. The highest BCUT2D eigenvalue weighted by Crippen LogP contribution is 2.14. The summed E-state index contributed by atoms with van der Waals surface area (Å²) in [5, 5.41) is 3.22. The Bertz CT molecular complexity index is 640. The lowest BCUT2D eigenvalue weighted by Crippen LogP contribution is -2.23. The third kappa shape index (κ3) is 3.79. The number of benzene rings is 1. The fourth-order valence-electron chi connectivity index (χ4n) is 1.73. The van der Waals surface area contributed by atoms with Gasteiger partial charge in [0.15, 0.2) is 0 Å². The Labute approximate surface area is 119 Å². The molecule has 106 valence electrons. The van der Waals surface area contributed by atoms with Crippen molar-refractivity contribution >= 4 is 15.7 Å². The van der Waals surface area contributed by atoms with E-state index in [9.17, 15) is 8.42 Å². The molecule has 0 spiro atoms. The molecule has 6 heteroatoms. The number of nitrogens with one attached hydrogen (secondary N) is 2. The Morgan fingerprint density at radius 1 is 1.15 bits per heavy atom. The second kappa shape index (κ2) is 6.49. The Morgan fingerprint density at radius 2 is 1.90 bits per heavy atom. The van der Waals surface area contributed by atoms with Crippen molar-refractivity contribution in [3.63, 3.8) is 0 Å². The topological polar surface area (TPSA) is 71.1 Å². The van der Waals surface area contributed by atoms with Crippen molar-refractivity contribution in [2.75, 3.05) is 11.9 Å². The molecule has 0 aliphatic rings. The lowest BCUT2D eigenvalue weighted by molar-refractivity contribution is 0.584. The molecule has 2 aromatic rings. The molecule has 0 fully saturated rings. The standard InChI is InChI=1S/C14H17N3O2S/c1-2-17-20(18,19)14-7-5-13(6-8-14)16-11-12-4-3-9-15-10-12/h3-10,16-17H,2,11H2,1H3. The van der Waals surface area contributed by atoms with Crippen molar-refractivity contribution < 1.29 is 8.42 Å². The van der Waals surface area contributed by atoms with Gasteiger partial charge in [-0.05, 0) is 35.9 Å². The molecule has 0 aliphatic heterocycles. The van der Waals surface area contributed by atoms with Gasteiger partial charge in [-0.2, -0.15) is 0 Å². The van der Waals surface area contributed by atoms with E-state index in [4.69, 9.17) is 0 Å². The Balaban J connectivity index is 2.02. The molecule has 5 nitrogen and oxygen atoms in total. The molecule has 2 rings (SSSR count). The molecular weight excluding hydrogens is 274 g/mol. The van der Waals surface area contributed by atoms with Gasteiger partial charge in [0, 0.05) is 31.2 Å². The summed E-state index contributed by atoms with van der Waals surface area (Å²) < 4.78 is 26.0. The van der Waals surface area contributed by atoms with Crippen LogP contribution in [0.4, 0.5) is 5.69 Å². The number of anilines is 1. The summed E-state index contributed by atoms with van der Waals surface area (Å²) in [7, 11) is -3.38. The number of rotatable bonds is 6. The van der Waals surface area contributed by atoms with Crippen molar-refractivity contribution in [1.29, 1.82) is 0 Å². The zero-order chi connectivity index (χ0) is 14.4. The Morgan fingerprint density at radius 3 is 2.50 bits per heavy atom. The molecule has 0 unspecified atom stereocenters. The number of hydrogen-bond acceptors (Lipinski definition) is 4. The molecule has 2 N–H and O–H groups in total. The fourth-order valence-corrected chi connectivity index (χ4v) is 2.77. The van der Waals surface area contributed by atoms with Gasteiger partial charge in [0.05, 0.1) is 4.90 Å². The van der Waals surface area contributed by atoms with Crippen molar-refractivity contribution in [2.24, 2.45) is 0 Å². The highest BCUT2D eigenvalue weighted by Gasteiger charge is 2.11. The van der Waals surface area contributed by atoms with Crippen LogP contribution in [0.5, 0.6) is 0 Å². The molecule has 0 saturated heterocycles. The van der Waals surface area contributed by atoms with Gasteiger partial charge in [0.2, 0.25) is 10.0 Å². The monoisotopic (exact) mass is 291 g/mol. The third-order valence-electron chi connectivity index (χ3n) is 2.72. The first-order valence-electron chi connectivity index (χ1n) is 6.34. The largest absolute Gasteiger partial charge is 0.381 e. The molecule has 0 saturated carbocycles. The molecule has 0 amide bonds. The van der Waals surface area contributed by atoms with Gasteiger partial charge < -0.3 is 5.32 Å². The van der Waals surface area contributed by atoms with Crippen LogP contribution in [0.2, 0.25) is 0 Å². The zero-order valence-electron chi connectivity index (χ0n) is 11.2. The number of aromatic nitrogens is 1. The molecule has 1 aromatic heterocycles. The first-order chi connectivity index (χ1) is 9.62. The van der Waals surface area contributed by atoms with Crippen molar-refractivity contribution in [1.82, 2.24) is 9.71 Å². The van der Waals surface area contributed by atoms with Crippen LogP contribution >= 0.6 is 0 Å². The molecule has 0 radical (unpaired) electrons. The lowest BCUT2D eigenvalue weighted by atomic mass is 10.2. The molecule has 0 bridgehead atoms. The maximum atomic E-state index is 11.8. The SMILES string of the molecule is CCNS(=O)(=O)c1ccc(NCc2cccnc2)cc1. The average Bonchev–Trinajstić information content (AvgIpc) is 2.47. The second-order valence-corrected chi connectivity index (χ2v) is 6.01. The summed E-state index contributed by atoms with van der Waals surface area (Å²) >= 11 is 0. The summed E-state index contributed by atoms with van der Waals surface area (Å²) in [6.07, 6.45) is 3.51. The van der Waals surface area contributed by atoms with Gasteiger partial charge in [0.25, 0.3) is 0 Å². The molecule has 1 heterocycles. The van der Waals surface area contributed by atoms with Gasteiger partial charge in [-0.3, -0.25) is 4.98 Å². The van der Waals surface area contributed by atoms with E-state index in [1.807, 2.05) is 12.1 Å². The van der Waals surface area contributed by atoms with Gasteiger partial charge >= 0.3 is 0 Å². The number of nitrogens with zero attached hydrogens (tertiary/aromatic N) is 1. The smallest absolute Gasteiger partial charge is 0.240 e. The Kier molecular flexibility index (Phi) is 4.70. The van der Waals surface area contributed by atoms with Crippen LogP contribution in [0, 0.1) is 0 Å². The number of hydrogen-bond donors (Lipinski definition) is 2. The summed E-state index contributed by atoms with van der Waals surface area (Å²) in [6, 6.07) is 10.5. The summed E-state index contributed by atoms with van der Waals surface area (Å²) in [5.74, 6) is 0. The summed E-state index contributed by atoms with van der Waals surface area (Å²) in [4.78, 5) is 4.31. The maximum absolute atomic E-state index is 11.8. The van der Waals surface area contributed by atoms with Crippen LogP contribution in [-0.2, 0) is 16.6 Å². The van der Waals surface area contributed by atoms with E-state index in [1.165, 1.54) is 0 Å². The number of sulfonamides is 1. The van der Waals surface area contributed by atoms with E-state index >= 15 is 0 Å². The molecule has 1 aromatic carbocycles. The van der Waals surface area contributed by atoms with Gasteiger partial charge in [-0.15, -0.1) is 0 Å². The minimum Gasteiger partial charge on any atom is -0.381 e. The van der Waals surface area contributed by atoms with Gasteiger partial charge in [0.1, 0.15) is 0 Å². The maximum Gasteiger partial charge on any atom is 0.240 e. The minimum atomic E-state index is -3.38. The van der Waals surface area contributed by atoms with E-state index < -0.39 is 10.0 Å². The normalized spacial score (nSPS) is 11.2. The van der Waals surface area contributed by atoms with Crippen molar-refractivity contribution in [2.45, 2.75) is 18.4 Å². The lowest BCUT2D eigenvalue weighted by Gasteiger charge is -2.08. The summed E-state index contributed by atoms with van der Waals surface area (Å²) in [5.41, 5.74) is 1.93. The van der Waals surface area contributed by atoms with Crippen LogP contribution in [-0.4, -0.2) is 19.9 Å². The van der Waals surface area contributed by atoms with Gasteiger partial charge in [-0.25, -0.2) is 13.1 Å². The van der Waals surface area contributed by atoms with E-state index in [1.54, 1.807) is 43.6 Å². The third-order valence-corrected chi connectivity index (χ3v) is 4.28. The molecule has 0 aliphatic carbocycles. The predicted octanol–water partition coefficient (Wildman–Crippen LogP) is 1.99. The quantitative estimate of drug-likeness (QED) is 0.854. The first-order valence-corrected chi connectivity index (χ1v) is 7.82. The van der Waals surface area contributed by atoms with Crippen LogP contribution in [0.15, 0.2) is 53.7 Å². The van der Waals surface area contributed by atoms with Crippen molar-refractivity contribution in [3.8, 4) is 0 Å². The Hall–Kier alpha value is -1.92. The van der Waals surface area contributed by atoms with Crippen LogP contribution in [0.1, 0.15) is 12.5 Å². The zero-order valence-corrected chi connectivity index (χ0v) is 12.0. The highest BCUT2D eigenvalue weighted by atomic mass is 32.2. The van der Waals surface area contributed by atoms with Crippen LogP contribution in [0.3, 0.4) is 0 Å². The van der Waals surface area contributed by atoms with E-state index in [0.29, 0.717) is 13.1 Å². The fraction of sp³-hybridized carbons (Fsp3) is 0.214.